The number of para-hydroxylation sites is 6. The Kier molecular flexibility index (Phi) is 33.1. The van der Waals surface area contributed by atoms with Gasteiger partial charge in [-0.2, -0.15) is 5.10 Å². The van der Waals surface area contributed by atoms with Crippen molar-refractivity contribution >= 4 is 67.4 Å². The van der Waals surface area contributed by atoms with Crippen molar-refractivity contribution in [1.82, 2.24) is 72.4 Å². The second-order valence-corrected chi connectivity index (χ2v) is 45.5. The number of nitrogens with zero attached hydrogens (tertiary/aromatic N) is 15. The number of aryl methyl sites for hydroxylation is 6. The summed E-state index contributed by atoms with van der Waals surface area (Å²) in [5.74, 6) is 7.12. The van der Waals surface area contributed by atoms with E-state index in [4.69, 9.17) is 49.9 Å². The number of aromatic nitrogens is 15. The van der Waals surface area contributed by atoms with E-state index in [9.17, 15) is 10.2 Å². The van der Waals surface area contributed by atoms with Gasteiger partial charge in [0.05, 0.1) is 52.3 Å². The predicted molar refractivity (Wildman–Crippen MR) is 616 cm³/mol. The molecule has 9 aromatic heterocycles. The molecule has 0 amide bonds. The summed E-state index contributed by atoms with van der Waals surface area (Å²) in [4.78, 5) is 30.9. The van der Waals surface area contributed by atoms with Crippen LogP contribution in [0.1, 0.15) is 193 Å². The molecule has 0 aliphatic carbocycles. The molecule has 9 heterocycles. The van der Waals surface area contributed by atoms with Gasteiger partial charge in [-0.25, -0.2) is 38.5 Å². The van der Waals surface area contributed by atoms with E-state index in [2.05, 4.69) is 380 Å². The number of hydrogen-bond donors (Lipinski definition) is 2. The maximum Gasteiger partial charge on any atom is 0.369 e. The Labute approximate surface area is 907 Å². The summed E-state index contributed by atoms with van der Waals surface area (Å²) >= 11 is 9.31. The molecule has 0 bridgehead atoms. The van der Waals surface area contributed by atoms with Gasteiger partial charge in [0.2, 0.25) is 0 Å². The number of benzene rings is 12. The second-order valence-electron chi connectivity index (χ2n) is 39.0. The second kappa shape index (κ2) is 46.0. The third-order valence-corrected chi connectivity index (χ3v) is 27.0. The molecular formula is C125H122BBr3N15O3Pt-. The first-order valence-electron chi connectivity index (χ1n) is 49.7. The normalized spacial score (nSPS) is 11.4. The molecule has 0 saturated heterocycles. The van der Waals surface area contributed by atoms with Crippen molar-refractivity contribution in [3.63, 3.8) is 0 Å². The molecule has 0 fully saturated rings. The number of phenols is 2. The fraction of sp³-hybridized carbons (Fsp3) is 0.208. The minimum Gasteiger partial charge on any atom is -0.507 e. The molecule has 12 aromatic carbocycles. The molecule has 0 unspecified atom stereocenters. The molecule has 750 valence electrons. The minimum atomic E-state index is 0. The Balaban J connectivity index is 0.000000154. The van der Waals surface area contributed by atoms with E-state index in [1.807, 2.05) is 135 Å². The fourth-order valence-corrected chi connectivity index (χ4v) is 19.9. The van der Waals surface area contributed by atoms with E-state index in [-0.39, 0.29) is 55.0 Å². The standard InChI is InChI=1S/C42H41N5O.C41H39N5O.C41H38N5O.CH4.BBr3.Pt/c1-26(2)32-19-12-20-33(27(3)4)39(32)46-25-36(43-41(46)34-18-8-9-22-37(34)48-7)30-16-11-17-31(24-30)40-44-42-35(21-13-23-47(42)45-40)38-28(5)14-10-15-29(38)6;2*1-25(2)31-18-11-19-32(26(3)4)38(31)45-24-35(42-40(45)33-17-7-8-21-36(33)47)29-15-10-16-30(23-29)39-43-41-34(20-12-22-46(41)44-39)37-27(5)13-9-14-28(37)6;;2-1(3)4;/h8-27H,1-7H3;7-26,47H,1-6H3;7-22,24-26,47H,1-6H3;1H4;;/q;;-1;;;. The molecule has 21 aromatic rings. The molecule has 0 atom stereocenters. The van der Waals surface area contributed by atoms with Crippen LogP contribution in [0.25, 0.3) is 169 Å². The summed E-state index contributed by atoms with van der Waals surface area (Å²) in [5, 5.41) is 36.7. The van der Waals surface area contributed by atoms with Gasteiger partial charge in [0.15, 0.2) is 28.6 Å². The zero-order chi connectivity index (χ0) is 103. The average Bonchev–Trinajstić information content (AvgIpc) is 1.60. The van der Waals surface area contributed by atoms with E-state index in [0.29, 0.717) is 63.9 Å². The first-order chi connectivity index (χ1) is 70.4. The maximum atomic E-state index is 11.0. The van der Waals surface area contributed by atoms with Crippen molar-refractivity contribution in [2.24, 2.45) is 0 Å². The van der Waals surface area contributed by atoms with Gasteiger partial charge < -0.3 is 19.5 Å². The summed E-state index contributed by atoms with van der Waals surface area (Å²) in [6.07, 6.45) is 12.2. The van der Waals surface area contributed by atoms with E-state index in [1.54, 1.807) is 19.2 Å². The van der Waals surface area contributed by atoms with Crippen LogP contribution in [0.3, 0.4) is 0 Å². The summed E-state index contributed by atoms with van der Waals surface area (Å²) in [6, 6.07) is 100. The zero-order valence-electron chi connectivity index (χ0n) is 86.1. The largest absolute Gasteiger partial charge is 0.507 e. The van der Waals surface area contributed by atoms with E-state index >= 15 is 0 Å². The van der Waals surface area contributed by atoms with Crippen LogP contribution in [0, 0.1) is 47.6 Å². The Morgan fingerprint density at radius 3 is 0.912 bits per heavy atom. The minimum absolute atomic E-state index is 0. The van der Waals surface area contributed by atoms with Gasteiger partial charge in [-0.15, -0.1) is 81.7 Å². The van der Waals surface area contributed by atoms with Crippen molar-refractivity contribution in [2.45, 2.75) is 168 Å². The van der Waals surface area contributed by atoms with Crippen LogP contribution in [0.2, 0.25) is 0 Å². The number of methoxy groups -OCH3 is 1. The summed E-state index contributed by atoms with van der Waals surface area (Å²) in [5.41, 5.74) is 37.5. The van der Waals surface area contributed by atoms with Crippen LogP contribution in [0.15, 0.2) is 322 Å². The zero-order valence-corrected chi connectivity index (χ0v) is 93.1. The predicted octanol–water partition coefficient (Wildman–Crippen LogP) is 33.3. The third-order valence-electron chi connectivity index (χ3n) is 27.0. The van der Waals surface area contributed by atoms with Crippen molar-refractivity contribution in [1.29, 1.82) is 0 Å². The monoisotopic (exact) mass is 2320 g/mol. The van der Waals surface area contributed by atoms with Crippen molar-refractivity contribution in [3.05, 3.63) is 395 Å². The Bertz CT molecular complexity index is 7940. The van der Waals surface area contributed by atoms with Gasteiger partial charge in [-0.05, 0) is 245 Å². The number of halogens is 3. The molecule has 0 saturated carbocycles. The number of pyridine rings is 3. The van der Waals surface area contributed by atoms with Crippen molar-refractivity contribution in [3.8, 4) is 170 Å². The molecule has 18 nitrogen and oxygen atoms in total. The van der Waals surface area contributed by atoms with Gasteiger partial charge in [0.25, 0.3) is 0 Å². The SMILES string of the molecule is BrB(Br)Br.C.COc1ccccc1-c1nc(-c2cccc(-c3nc4c(-c5c(C)cccc5C)cccn4n3)c2)cn1-c1c(C(C)C)cccc1C(C)C.Cc1cccc(C)c1-c1cccn2nc(-c3[c-]c(-c4cn(-c5c(C(C)C)cccc5C(C)C)c(-c5ccccc5O)n4)ccc3)nc12.Cc1cccc(C)c1-c1cccn2nc(-c3cccc(-c4cn(-c5c(C(C)C)cccc5C(C)C)c(-c5ccccc5O)n4)c3)nc12.[Pt]. The molecular weight excluding hydrogens is 2210 g/mol. The number of aromatic hydroxyl groups is 2. The summed E-state index contributed by atoms with van der Waals surface area (Å²) in [7, 11) is 1.71. The molecule has 23 heteroatoms. The topological polar surface area (TPSA) is 194 Å². The molecule has 0 aliphatic rings. The van der Waals surface area contributed by atoms with E-state index < -0.39 is 0 Å². The number of imidazole rings is 3. The summed E-state index contributed by atoms with van der Waals surface area (Å²) < 4.78 is 18.3. The number of phenolic OH excluding ortho intramolecular Hbond substituents is 2. The molecule has 148 heavy (non-hydrogen) atoms. The van der Waals surface area contributed by atoms with Crippen molar-refractivity contribution in [2.75, 3.05) is 7.11 Å². The van der Waals surface area contributed by atoms with Gasteiger partial charge in [0.1, 0.15) is 40.5 Å². The van der Waals surface area contributed by atoms with Gasteiger partial charge >= 0.3 is 3.18 Å². The van der Waals surface area contributed by atoms with Gasteiger partial charge in [-0.1, -0.05) is 284 Å². The smallest absolute Gasteiger partial charge is 0.369 e. The van der Waals surface area contributed by atoms with E-state index in [1.165, 1.54) is 89.1 Å². The van der Waals surface area contributed by atoms with E-state index in [0.717, 1.165) is 113 Å². The van der Waals surface area contributed by atoms with Crippen LogP contribution in [-0.4, -0.2) is 93.0 Å². The van der Waals surface area contributed by atoms with Crippen LogP contribution in [0.4, 0.5) is 0 Å². The Morgan fingerprint density at radius 2 is 0.568 bits per heavy atom. The van der Waals surface area contributed by atoms with Crippen LogP contribution in [0.5, 0.6) is 17.2 Å². The van der Waals surface area contributed by atoms with Crippen LogP contribution < -0.4 is 4.74 Å². The Morgan fingerprint density at radius 1 is 0.297 bits per heavy atom. The quantitative estimate of drug-likeness (QED) is 0.0482. The molecule has 0 radical (unpaired) electrons. The molecule has 21 rings (SSSR count). The molecule has 0 aliphatic heterocycles. The summed E-state index contributed by atoms with van der Waals surface area (Å²) in [6.45, 7) is 39.6. The van der Waals surface area contributed by atoms with Crippen molar-refractivity contribution < 1.29 is 36.0 Å². The number of ether oxygens (including phenoxy) is 1. The average molecular weight is 2330 g/mol. The number of fused-ring (bicyclic) bond motifs is 3. The molecule has 2 N–H and O–H groups in total. The first-order valence-corrected chi connectivity index (χ1v) is 52.5. The third kappa shape index (κ3) is 21.9. The number of rotatable bonds is 22. The maximum absolute atomic E-state index is 11.0. The fourth-order valence-electron chi connectivity index (χ4n) is 19.9. The van der Waals surface area contributed by atoms with Gasteiger partial charge in [0, 0.05) is 103 Å². The number of hydrogen-bond acceptors (Lipinski definition) is 12. The Hall–Kier alpha value is -14.3. The molecule has 0 spiro atoms. The first kappa shape index (κ1) is 106. The van der Waals surface area contributed by atoms with Crippen LogP contribution >= 0.6 is 47.3 Å². The van der Waals surface area contributed by atoms with Gasteiger partial charge in [-0.3, -0.25) is 14.1 Å². The van der Waals surface area contributed by atoms with Crippen LogP contribution in [-0.2, 0) is 21.1 Å².